The number of pyridine rings is 1. The van der Waals surface area contributed by atoms with E-state index in [-0.39, 0.29) is 0 Å². The van der Waals surface area contributed by atoms with Crippen LogP contribution in [0.4, 0.5) is 4.39 Å². The van der Waals surface area contributed by atoms with Gasteiger partial charge in [0.1, 0.15) is 0 Å². The molecule has 2 nitrogen and oxygen atoms in total. The van der Waals surface area contributed by atoms with Crippen LogP contribution in [-0.2, 0) is 6.54 Å². The molecule has 0 saturated heterocycles. The molecule has 11 heavy (non-hydrogen) atoms. The van der Waals surface area contributed by atoms with E-state index in [2.05, 4.69) is 10.3 Å². The summed E-state index contributed by atoms with van der Waals surface area (Å²) in [6, 6.07) is 3.09. The van der Waals surface area contributed by atoms with Crippen LogP contribution in [0.5, 0.6) is 0 Å². The number of hydrogen-bond acceptors (Lipinski definition) is 2. The molecule has 0 fully saturated rings. The van der Waals surface area contributed by atoms with Crippen molar-refractivity contribution < 1.29 is 4.39 Å². The second-order valence-corrected chi connectivity index (χ2v) is 2.27. The van der Waals surface area contributed by atoms with Crippen molar-refractivity contribution >= 4 is 0 Å². The van der Waals surface area contributed by atoms with Gasteiger partial charge in [0.25, 0.3) is 0 Å². The molecule has 60 valence electrons. The minimum atomic E-state index is -0.426. The lowest BCUT2D eigenvalue weighted by molar-refractivity contribution is 0.580. The summed E-state index contributed by atoms with van der Waals surface area (Å²) in [7, 11) is 0. The molecule has 0 saturated carbocycles. The molecule has 0 spiro atoms. The van der Waals surface area contributed by atoms with Gasteiger partial charge in [0.05, 0.1) is 0 Å². The quantitative estimate of drug-likeness (QED) is 0.664. The zero-order chi connectivity index (χ0) is 8.10. The van der Waals surface area contributed by atoms with Crippen LogP contribution in [0.3, 0.4) is 0 Å². The molecular formula is C8H11FN2. The lowest BCUT2D eigenvalue weighted by atomic mass is 10.3. The minimum Gasteiger partial charge on any atom is -0.313 e. The Morgan fingerprint density at radius 2 is 2.36 bits per heavy atom. The summed E-state index contributed by atoms with van der Waals surface area (Å²) in [5, 5.41) is 3.12. The van der Waals surface area contributed by atoms with Crippen LogP contribution >= 0.6 is 0 Å². The van der Waals surface area contributed by atoms with Crippen LogP contribution in [0.15, 0.2) is 18.3 Å². The third-order valence-electron chi connectivity index (χ3n) is 1.37. The van der Waals surface area contributed by atoms with Gasteiger partial charge in [-0.25, -0.2) is 4.98 Å². The average Bonchev–Trinajstić information content (AvgIpc) is 2.04. The molecular weight excluding hydrogens is 143 g/mol. The van der Waals surface area contributed by atoms with Crippen LogP contribution in [0.1, 0.15) is 12.5 Å². The van der Waals surface area contributed by atoms with Gasteiger partial charge in [-0.1, -0.05) is 13.0 Å². The van der Waals surface area contributed by atoms with E-state index < -0.39 is 5.95 Å². The second kappa shape index (κ2) is 4.03. The van der Waals surface area contributed by atoms with Gasteiger partial charge in [0, 0.05) is 12.7 Å². The lowest BCUT2D eigenvalue weighted by Gasteiger charge is -1.99. The van der Waals surface area contributed by atoms with E-state index in [0.29, 0.717) is 0 Å². The fraction of sp³-hybridized carbons (Fsp3) is 0.375. The Bertz CT molecular complexity index is 208. The molecule has 0 unspecified atom stereocenters. The molecule has 0 aliphatic heterocycles. The molecule has 1 rings (SSSR count). The van der Waals surface area contributed by atoms with Gasteiger partial charge in [0.2, 0.25) is 5.95 Å². The highest BCUT2D eigenvalue weighted by molar-refractivity contribution is 5.08. The third kappa shape index (κ3) is 2.63. The van der Waals surface area contributed by atoms with Crippen molar-refractivity contribution in [3.8, 4) is 0 Å². The molecule has 0 aliphatic carbocycles. The minimum absolute atomic E-state index is 0.426. The Kier molecular flexibility index (Phi) is 2.98. The molecule has 1 aromatic heterocycles. The van der Waals surface area contributed by atoms with E-state index in [1.807, 2.05) is 6.92 Å². The molecule has 0 aromatic carbocycles. The van der Waals surface area contributed by atoms with Crippen LogP contribution in [-0.4, -0.2) is 11.5 Å². The van der Waals surface area contributed by atoms with Crippen LogP contribution in [0.25, 0.3) is 0 Å². The molecule has 1 N–H and O–H groups in total. The number of halogens is 1. The topological polar surface area (TPSA) is 24.9 Å². The average molecular weight is 154 g/mol. The summed E-state index contributed by atoms with van der Waals surface area (Å²) in [5.41, 5.74) is 1.01. The van der Waals surface area contributed by atoms with Gasteiger partial charge >= 0.3 is 0 Å². The van der Waals surface area contributed by atoms with E-state index >= 15 is 0 Å². The van der Waals surface area contributed by atoms with Crippen molar-refractivity contribution in [2.45, 2.75) is 13.5 Å². The molecule has 1 aromatic rings. The fourth-order valence-corrected chi connectivity index (χ4v) is 0.780. The Morgan fingerprint density at radius 1 is 1.55 bits per heavy atom. The Labute approximate surface area is 65.5 Å². The first kappa shape index (κ1) is 8.14. The van der Waals surface area contributed by atoms with Gasteiger partial charge in [-0.3, -0.25) is 0 Å². The number of nitrogens with zero attached hydrogens (tertiary/aromatic N) is 1. The van der Waals surface area contributed by atoms with E-state index in [0.717, 1.165) is 18.7 Å². The van der Waals surface area contributed by atoms with Crippen molar-refractivity contribution in [1.29, 1.82) is 0 Å². The lowest BCUT2D eigenvalue weighted by Crippen LogP contribution is -2.11. The van der Waals surface area contributed by atoms with Crippen molar-refractivity contribution in [2.24, 2.45) is 0 Å². The van der Waals surface area contributed by atoms with Crippen molar-refractivity contribution in [3.63, 3.8) is 0 Å². The zero-order valence-electron chi connectivity index (χ0n) is 6.47. The summed E-state index contributed by atoms with van der Waals surface area (Å²) in [4.78, 5) is 3.53. The van der Waals surface area contributed by atoms with E-state index in [1.54, 1.807) is 6.07 Å². The second-order valence-electron chi connectivity index (χ2n) is 2.27. The number of nitrogens with one attached hydrogen (secondary N) is 1. The van der Waals surface area contributed by atoms with Gasteiger partial charge < -0.3 is 5.32 Å². The summed E-state index contributed by atoms with van der Waals surface area (Å²) in [6.07, 6.45) is 1.54. The third-order valence-corrected chi connectivity index (χ3v) is 1.37. The largest absolute Gasteiger partial charge is 0.313 e. The Balaban J connectivity index is 2.52. The summed E-state index contributed by atoms with van der Waals surface area (Å²) in [5.74, 6) is -0.426. The molecule has 0 aliphatic rings. The normalized spacial score (nSPS) is 10.0. The zero-order valence-corrected chi connectivity index (χ0v) is 6.47. The highest BCUT2D eigenvalue weighted by Crippen LogP contribution is 1.97. The van der Waals surface area contributed by atoms with Crippen LogP contribution in [0, 0.1) is 5.95 Å². The first-order valence-electron chi connectivity index (χ1n) is 3.64. The molecule has 0 bridgehead atoms. The van der Waals surface area contributed by atoms with Crippen molar-refractivity contribution in [2.75, 3.05) is 6.54 Å². The monoisotopic (exact) mass is 154 g/mol. The highest BCUT2D eigenvalue weighted by atomic mass is 19.1. The van der Waals surface area contributed by atoms with E-state index in [9.17, 15) is 4.39 Å². The standard InChI is InChI=1S/C8H11FN2/c1-2-10-5-7-3-4-8(9)11-6-7/h3-4,6,10H,2,5H2,1H3. The molecule has 3 heteroatoms. The molecule has 0 amide bonds. The van der Waals surface area contributed by atoms with Crippen molar-refractivity contribution in [1.82, 2.24) is 10.3 Å². The first-order chi connectivity index (χ1) is 5.33. The number of aromatic nitrogens is 1. The molecule has 0 atom stereocenters. The highest BCUT2D eigenvalue weighted by Gasteiger charge is 1.92. The number of rotatable bonds is 3. The molecule has 0 radical (unpaired) electrons. The summed E-state index contributed by atoms with van der Waals surface area (Å²) >= 11 is 0. The fourth-order valence-electron chi connectivity index (χ4n) is 0.780. The van der Waals surface area contributed by atoms with Gasteiger partial charge in [-0.05, 0) is 18.2 Å². The maximum absolute atomic E-state index is 12.3. The number of hydrogen-bond donors (Lipinski definition) is 1. The SMILES string of the molecule is CCNCc1ccc(F)nc1. The molecule has 1 heterocycles. The Hall–Kier alpha value is -0.960. The van der Waals surface area contributed by atoms with E-state index in [4.69, 9.17) is 0 Å². The van der Waals surface area contributed by atoms with Crippen LogP contribution < -0.4 is 5.32 Å². The smallest absolute Gasteiger partial charge is 0.212 e. The predicted molar refractivity (Wildman–Crippen MR) is 41.6 cm³/mol. The van der Waals surface area contributed by atoms with Gasteiger partial charge in [-0.15, -0.1) is 0 Å². The maximum Gasteiger partial charge on any atom is 0.212 e. The first-order valence-corrected chi connectivity index (χ1v) is 3.64. The Morgan fingerprint density at radius 3 is 2.91 bits per heavy atom. The maximum atomic E-state index is 12.3. The predicted octanol–water partition coefficient (Wildman–Crippen LogP) is 1.33. The summed E-state index contributed by atoms with van der Waals surface area (Å²) in [6.45, 7) is 3.69. The van der Waals surface area contributed by atoms with Gasteiger partial charge in [0.15, 0.2) is 0 Å². The van der Waals surface area contributed by atoms with E-state index in [1.165, 1.54) is 12.3 Å². The summed E-state index contributed by atoms with van der Waals surface area (Å²) < 4.78 is 12.3. The van der Waals surface area contributed by atoms with Gasteiger partial charge in [-0.2, -0.15) is 4.39 Å². The van der Waals surface area contributed by atoms with Crippen molar-refractivity contribution in [3.05, 3.63) is 29.8 Å². The van der Waals surface area contributed by atoms with Crippen LogP contribution in [0.2, 0.25) is 0 Å².